The van der Waals surface area contributed by atoms with Gasteiger partial charge in [-0.15, -0.1) is 0 Å². The molecule has 0 fully saturated rings. The third-order valence-corrected chi connectivity index (χ3v) is 3.22. The van der Waals surface area contributed by atoms with Gasteiger partial charge in [-0.1, -0.05) is 11.2 Å². The van der Waals surface area contributed by atoms with Crippen LogP contribution in [0.2, 0.25) is 0 Å². The van der Waals surface area contributed by atoms with E-state index in [9.17, 15) is 14.9 Å². The van der Waals surface area contributed by atoms with Crippen LogP contribution in [0.25, 0.3) is 11.0 Å². The fourth-order valence-electron chi connectivity index (χ4n) is 2.20. The van der Waals surface area contributed by atoms with Gasteiger partial charge in [0, 0.05) is 25.0 Å². The van der Waals surface area contributed by atoms with Crippen molar-refractivity contribution in [2.75, 3.05) is 5.32 Å². The number of nitro groups is 1. The predicted octanol–water partition coefficient (Wildman–Crippen LogP) is 2.34. The van der Waals surface area contributed by atoms with E-state index < -0.39 is 4.92 Å². The number of rotatable bonds is 5. The zero-order chi connectivity index (χ0) is 16.4. The highest BCUT2D eigenvalue weighted by Crippen LogP contribution is 2.23. The van der Waals surface area contributed by atoms with Crippen LogP contribution in [-0.4, -0.2) is 26.0 Å². The van der Waals surface area contributed by atoms with Gasteiger partial charge in [-0.25, -0.2) is 4.98 Å². The van der Waals surface area contributed by atoms with Crippen LogP contribution in [0.5, 0.6) is 0 Å². The maximum Gasteiger partial charge on any atom is 0.297 e. The van der Waals surface area contributed by atoms with Gasteiger partial charge in [0.05, 0.1) is 10.4 Å². The molecule has 2 N–H and O–H groups in total. The lowest BCUT2D eigenvalue weighted by molar-refractivity contribution is -0.383. The molecule has 0 radical (unpaired) electrons. The first-order valence-electron chi connectivity index (χ1n) is 6.88. The Morgan fingerprint density at radius 3 is 3.00 bits per heavy atom. The van der Waals surface area contributed by atoms with Gasteiger partial charge in [0.15, 0.2) is 11.3 Å². The maximum absolute atomic E-state index is 11.8. The lowest BCUT2D eigenvalue weighted by atomic mass is 10.3. The monoisotopic (exact) mass is 315 g/mol. The van der Waals surface area contributed by atoms with Gasteiger partial charge in [0.1, 0.15) is 11.6 Å². The number of benzene rings is 1. The summed E-state index contributed by atoms with van der Waals surface area (Å²) >= 11 is 0. The third kappa shape index (κ3) is 3.18. The molecule has 2 heterocycles. The molecule has 3 rings (SSSR count). The van der Waals surface area contributed by atoms with Gasteiger partial charge in [0.25, 0.3) is 5.69 Å². The number of anilines is 1. The fourth-order valence-corrected chi connectivity index (χ4v) is 2.20. The molecule has 0 aliphatic carbocycles. The number of hydrogen-bond donors (Lipinski definition) is 2. The molecule has 0 aliphatic rings. The number of aromatic nitrogens is 3. The molecule has 0 bridgehead atoms. The van der Waals surface area contributed by atoms with E-state index in [0.29, 0.717) is 34.9 Å². The Kier molecular flexibility index (Phi) is 3.75. The number of aromatic amines is 1. The van der Waals surface area contributed by atoms with Crippen molar-refractivity contribution in [3.63, 3.8) is 0 Å². The number of imidazole rings is 1. The van der Waals surface area contributed by atoms with Crippen LogP contribution < -0.4 is 5.32 Å². The number of carbonyl (C=O) groups is 1. The van der Waals surface area contributed by atoms with E-state index in [0.717, 1.165) is 0 Å². The summed E-state index contributed by atoms with van der Waals surface area (Å²) in [5, 5.41) is 17.2. The topological polar surface area (TPSA) is 127 Å². The number of nitro benzene ring substituents is 1. The van der Waals surface area contributed by atoms with Gasteiger partial charge < -0.3 is 14.8 Å². The number of aryl methyl sites for hydroxylation is 2. The quantitative estimate of drug-likeness (QED) is 0.549. The minimum Gasteiger partial charge on any atom is -0.360 e. The first-order valence-corrected chi connectivity index (χ1v) is 6.88. The summed E-state index contributed by atoms with van der Waals surface area (Å²) in [6.45, 7) is 1.73. The number of para-hydroxylation sites is 1. The SMILES string of the molecule is Cc1cc(NC(=O)CCc2nc3c([N+](=O)[O-])cccc3[nH]2)no1. The number of carbonyl (C=O) groups excluding carboxylic acids is 1. The Morgan fingerprint density at radius 2 is 2.30 bits per heavy atom. The number of nitrogens with one attached hydrogen (secondary N) is 2. The summed E-state index contributed by atoms with van der Waals surface area (Å²) in [6, 6.07) is 6.30. The van der Waals surface area contributed by atoms with Gasteiger partial charge in [-0.2, -0.15) is 0 Å². The van der Waals surface area contributed by atoms with Crippen molar-refractivity contribution in [1.82, 2.24) is 15.1 Å². The molecule has 118 valence electrons. The summed E-state index contributed by atoms with van der Waals surface area (Å²) in [6.07, 6.45) is 0.494. The molecule has 1 aromatic carbocycles. The van der Waals surface area contributed by atoms with Crippen LogP contribution in [0, 0.1) is 17.0 Å². The van der Waals surface area contributed by atoms with E-state index in [1.165, 1.54) is 6.07 Å². The van der Waals surface area contributed by atoms with Gasteiger partial charge >= 0.3 is 0 Å². The fraction of sp³-hybridized carbons (Fsp3) is 0.214. The number of H-pyrrole nitrogens is 1. The molecule has 1 amide bonds. The molecule has 23 heavy (non-hydrogen) atoms. The van der Waals surface area contributed by atoms with Crippen molar-refractivity contribution in [1.29, 1.82) is 0 Å². The van der Waals surface area contributed by atoms with E-state index in [2.05, 4.69) is 20.4 Å². The normalized spacial score (nSPS) is 10.8. The van der Waals surface area contributed by atoms with Crippen molar-refractivity contribution >= 4 is 28.4 Å². The highest BCUT2D eigenvalue weighted by atomic mass is 16.6. The minimum absolute atomic E-state index is 0.0625. The number of hydrogen-bond acceptors (Lipinski definition) is 6. The summed E-state index contributed by atoms with van der Waals surface area (Å²) in [4.78, 5) is 29.5. The van der Waals surface area contributed by atoms with Crippen molar-refractivity contribution in [3.05, 3.63) is 46.0 Å². The second-order valence-corrected chi connectivity index (χ2v) is 4.98. The van der Waals surface area contributed by atoms with Crippen molar-refractivity contribution < 1.29 is 14.2 Å². The molecule has 9 nitrogen and oxygen atoms in total. The second-order valence-electron chi connectivity index (χ2n) is 4.98. The lowest BCUT2D eigenvalue weighted by Gasteiger charge is -1.99. The van der Waals surface area contributed by atoms with Gasteiger partial charge in [0.2, 0.25) is 5.91 Å². The maximum atomic E-state index is 11.8. The number of amides is 1. The van der Waals surface area contributed by atoms with Crippen LogP contribution in [0.15, 0.2) is 28.8 Å². The minimum atomic E-state index is -0.480. The molecular formula is C14H13N5O4. The molecule has 0 aliphatic heterocycles. The zero-order valence-electron chi connectivity index (χ0n) is 12.2. The van der Waals surface area contributed by atoms with Crippen molar-refractivity contribution in [2.45, 2.75) is 19.8 Å². The summed E-state index contributed by atoms with van der Waals surface area (Å²) in [5.41, 5.74) is 0.800. The van der Waals surface area contributed by atoms with Crippen LogP contribution in [0.3, 0.4) is 0 Å². The number of fused-ring (bicyclic) bond motifs is 1. The molecule has 9 heteroatoms. The van der Waals surface area contributed by atoms with E-state index in [-0.39, 0.29) is 18.0 Å². The zero-order valence-corrected chi connectivity index (χ0v) is 12.2. The Balaban J connectivity index is 1.68. The van der Waals surface area contributed by atoms with E-state index in [1.807, 2.05) is 0 Å². The number of non-ortho nitro benzene ring substituents is 1. The Bertz CT molecular complexity index is 882. The summed E-state index contributed by atoms with van der Waals surface area (Å²) in [5.74, 6) is 1.23. The third-order valence-electron chi connectivity index (χ3n) is 3.22. The van der Waals surface area contributed by atoms with E-state index in [1.54, 1.807) is 25.1 Å². The Morgan fingerprint density at radius 1 is 1.48 bits per heavy atom. The van der Waals surface area contributed by atoms with Crippen LogP contribution in [0.1, 0.15) is 18.0 Å². The second kappa shape index (κ2) is 5.87. The predicted molar refractivity (Wildman–Crippen MR) is 80.9 cm³/mol. The molecule has 0 saturated carbocycles. The first-order chi connectivity index (χ1) is 11.0. The molecule has 2 aromatic heterocycles. The average molecular weight is 315 g/mol. The molecule has 0 unspecified atom stereocenters. The smallest absolute Gasteiger partial charge is 0.297 e. The molecule has 0 spiro atoms. The number of nitrogens with zero attached hydrogens (tertiary/aromatic N) is 3. The van der Waals surface area contributed by atoms with Gasteiger partial charge in [-0.3, -0.25) is 14.9 Å². The van der Waals surface area contributed by atoms with E-state index in [4.69, 9.17) is 4.52 Å². The van der Waals surface area contributed by atoms with Crippen molar-refractivity contribution in [3.8, 4) is 0 Å². The highest BCUT2D eigenvalue weighted by Gasteiger charge is 2.16. The van der Waals surface area contributed by atoms with E-state index >= 15 is 0 Å². The van der Waals surface area contributed by atoms with Gasteiger partial charge in [-0.05, 0) is 13.0 Å². The van der Waals surface area contributed by atoms with Crippen LogP contribution >= 0.6 is 0 Å². The molecular weight excluding hydrogens is 302 g/mol. The molecule has 3 aromatic rings. The van der Waals surface area contributed by atoms with Crippen LogP contribution in [0.4, 0.5) is 11.5 Å². The average Bonchev–Trinajstić information content (AvgIpc) is 3.10. The largest absolute Gasteiger partial charge is 0.360 e. The molecule has 0 saturated heterocycles. The Labute approximate surface area is 129 Å². The lowest BCUT2D eigenvalue weighted by Crippen LogP contribution is -2.12. The Hall–Kier alpha value is -3.23. The summed E-state index contributed by atoms with van der Waals surface area (Å²) < 4.78 is 4.86. The van der Waals surface area contributed by atoms with Crippen molar-refractivity contribution in [2.24, 2.45) is 0 Å². The first kappa shape index (κ1) is 14.7. The highest BCUT2D eigenvalue weighted by molar-refractivity contribution is 5.90. The van der Waals surface area contributed by atoms with Crippen LogP contribution in [-0.2, 0) is 11.2 Å². The summed E-state index contributed by atoms with van der Waals surface area (Å²) in [7, 11) is 0. The standard InChI is InChI=1S/C14H13N5O4/c1-8-7-12(18-23-8)16-13(20)6-5-11-15-9-3-2-4-10(19(21)22)14(9)17-11/h2-4,7H,5-6H2,1H3,(H,15,17)(H,16,18,20). The molecule has 0 atom stereocenters.